The third kappa shape index (κ3) is 5.74. The van der Waals surface area contributed by atoms with E-state index in [0.29, 0.717) is 5.75 Å². The van der Waals surface area contributed by atoms with Crippen molar-refractivity contribution in [3.63, 3.8) is 0 Å². The van der Waals surface area contributed by atoms with Crippen molar-refractivity contribution in [3.8, 4) is 5.75 Å². The van der Waals surface area contributed by atoms with Crippen LogP contribution in [-0.2, 0) is 32.1 Å². The largest absolute Gasteiger partial charge is 0.508 e. The van der Waals surface area contributed by atoms with E-state index in [1.165, 1.54) is 5.56 Å². The molecular formula is C25H29N4OPt-. The van der Waals surface area contributed by atoms with Gasteiger partial charge in [-0.2, -0.15) is 34.0 Å². The van der Waals surface area contributed by atoms with Crippen LogP contribution in [0.1, 0.15) is 44.4 Å². The van der Waals surface area contributed by atoms with E-state index >= 15 is 0 Å². The Morgan fingerprint density at radius 3 is 1.55 bits per heavy atom. The number of nitrogens with zero attached hydrogens (tertiary/aromatic N) is 4. The Hall–Kier alpha value is -2.65. The molecule has 0 radical (unpaired) electrons. The normalized spacial score (nSPS) is 11.3. The Balaban J connectivity index is 0.000000364. The Morgan fingerprint density at radius 2 is 1.23 bits per heavy atom. The zero-order chi connectivity index (χ0) is 21.8. The minimum absolute atomic E-state index is 0. The van der Waals surface area contributed by atoms with Gasteiger partial charge in [0, 0.05) is 45.9 Å². The maximum absolute atomic E-state index is 8.63. The molecule has 0 amide bonds. The van der Waals surface area contributed by atoms with Gasteiger partial charge in [0.2, 0.25) is 0 Å². The number of phenols is 1. The molecule has 31 heavy (non-hydrogen) atoms. The standard InChI is InChI=1S/C19H23N4.C6H6O.Pt/c1-15-12-16(18(2,3)22-10-6-8-20-22)14-17(13-15)19(4,5)23-11-7-9-21-23;7-6-4-2-1-3-5-6;/h6-13H,1-5H3;1-5,7H;/q-1;;. The average molecular weight is 597 g/mol. The summed E-state index contributed by atoms with van der Waals surface area (Å²) in [5.74, 6) is 0.322. The molecule has 2 heterocycles. The predicted octanol–water partition coefficient (Wildman–Crippen LogP) is 5.14. The summed E-state index contributed by atoms with van der Waals surface area (Å²) in [6, 6.07) is 20.6. The molecule has 0 atom stereocenters. The fraction of sp³-hybridized carbons (Fsp3) is 0.280. The van der Waals surface area contributed by atoms with Gasteiger partial charge >= 0.3 is 0 Å². The molecule has 0 aliphatic carbocycles. The number of aryl methyl sites for hydroxylation is 1. The van der Waals surface area contributed by atoms with E-state index in [4.69, 9.17) is 5.11 Å². The first kappa shape index (κ1) is 24.6. The van der Waals surface area contributed by atoms with Crippen molar-refractivity contribution in [1.29, 1.82) is 0 Å². The van der Waals surface area contributed by atoms with Gasteiger partial charge in [-0.05, 0) is 52.0 Å². The maximum Gasteiger partial charge on any atom is 0.115 e. The van der Waals surface area contributed by atoms with Crippen molar-refractivity contribution in [3.05, 3.63) is 102 Å². The number of para-hydroxylation sites is 1. The predicted molar refractivity (Wildman–Crippen MR) is 119 cm³/mol. The van der Waals surface area contributed by atoms with Crippen molar-refractivity contribution in [1.82, 2.24) is 19.6 Å². The zero-order valence-electron chi connectivity index (χ0n) is 18.6. The Labute approximate surface area is 199 Å². The van der Waals surface area contributed by atoms with Crippen LogP contribution in [0.5, 0.6) is 5.75 Å². The summed E-state index contributed by atoms with van der Waals surface area (Å²) in [5.41, 5.74) is 2.94. The Kier molecular flexibility index (Phi) is 8.02. The first-order valence-corrected chi connectivity index (χ1v) is 10.0. The summed E-state index contributed by atoms with van der Waals surface area (Å²) in [6.07, 6.45) is 7.61. The van der Waals surface area contributed by atoms with Gasteiger partial charge in [-0.25, -0.2) is 0 Å². The number of rotatable bonds is 4. The monoisotopic (exact) mass is 596 g/mol. The first-order chi connectivity index (χ1) is 14.2. The van der Waals surface area contributed by atoms with Crippen molar-refractivity contribution >= 4 is 0 Å². The van der Waals surface area contributed by atoms with Crippen molar-refractivity contribution < 1.29 is 26.2 Å². The molecule has 4 rings (SSSR count). The summed E-state index contributed by atoms with van der Waals surface area (Å²) in [6.45, 7) is 10.8. The minimum Gasteiger partial charge on any atom is -0.508 e. The summed E-state index contributed by atoms with van der Waals surface area (Å²) in [4.78, 5) is 0. The first-order valence-electron chi connectivity index (χ1n) is 10.0. The van der Waals surface area contributed by atoms with E-state index in [-0.39, 0.29) is 32.1 Å². The molecule has 1 N–H and O–H groups in total. The van der Waals surface area contributed by atoms with Gasteiger partial charge in [0.15, 0.2) is 0 Å². The summed E-state index contributed by atoms with van der Waals surface area (Å²) in [7, 11) is 0. The van der Waals surface area contributed by atoms with E-state index in [2.05, 4.69) is 63.0 Å². The maximum atomic E-state index is 8.63. The molecule has 0 fully saturated rings. The Morgan fingerprint density at radius 1 is 0.774 bits per heavy atom. The van der Waals surface area contributed by atoms with Gasteiger partial charge < -0.3 is 5.11 Å². The van der Waals surface area contributed by atoms with Gasteiger partial charge in [-0.1, -0.05) is 25.1 Å². The molecule has 4 aromatic rings. The fourth-order valence-electron chi connectivity index (χ4n) is 3.25. The molecule has 0 spiro atoms. The van der Waals surface area contributed by atoms with E-state index in [1.807, 2.05) is 52.4 Å². The summed E-state index contributed by atoms with van der Waals surface area (Å²) >= 11 is 0. The number of aromatic nitrogens is 4. The second-order valence-electron chi connectivity index (χ2n) is 8.34. The third-order valence-electron chi connectivity index (χ3n) is 5.24. The van der Waals surface area contributed by atoms with Gasteiger partial charge in [0.25, 0.3) is 0 Å². The van der Waals surface area contributed by atoms with E-state index in [0.717, 1.165) is 11.1 Å². The van der Waals surface area contributed by atoms with Crippen LogP contribution in [0, 0.1) is 13.0 Å². The van der Waals surface area contributed by atoms with Gasteiger partial charge in [0.1, 0.15) is 5.75 Å². The summed E-state index contributed by atoms with van der Waals surface area (Å²) in [5, 5.41) is 17.5. The van der Waals surface area contributed by atoms with E-state index in [9.17, 15) is 0 Å². The van der Waals surface area contributed by atoms with Crippen LogP contribution in [0.4, 0.5) is 0 Å². The molecule has 0 saturated carbocycles. The second-order valence-corrected chi connectivity index (χ2v) is 8.34. The van der Waals surface area contributed by atoms with Gasteiger partial charge in [-0.15, -0.1) is 11.1 Å². The molecule has 5 nitrogen and oxygen atoms in total. The van der Waals surface area contributed by atoms with E-state index < -0.39 is 0 Å². The van der Waals surface area contributed by atoms with Gasteiger partial charge in [-0.3, -0.25) is 9.36 Å². The Bertz CT molecular complexity index is 992. The average Bonchev–Trinajstić information content (AvgIpc) is 3.43. The van der Waals surface area contributed by atoms with Crippen LogP contribution in [0.25, 0.3) is 0 Å². The van der Waals surface area contributed by atoms with Crippen LogP contribution in [0.3, 0.4) is 0 Å². The van der Waals surface area contributed by atoms with Gasteiger partial charge in [0.05, 0.1) is 11.1 Å². The quantitative estimate of drug-likeness (QED) is 0.332. The van der Waals surface area contributed by atoms with Crippen molar-refractivity contribution in [2.24, 2.45) is 0 Å². The zero-order valence-corrected chi connectivity index (χ0v) is 20.8. The molecule has 0 aliphatic heterocycles. The van der Waals surface area contributed by atoms with Crippen LogP contribution >= 0.6 is 0 Å². The number of phenolic OH excluding ortho intramolecular Hbond substituents is 1. The van der Waals surface area contributed by atoms with Crippen LogP contribution in [-0.4, -0.2) is 24.7 Å². The van der Waals surface area contributed by atoms with Crippen LogP contribution < -0.4 is 0 Å². The molecule has 166 valence electrons. The van der Waals surface area contributed by atoms with Crippen LogP contribution in [0.15, 0.2) is 79.4 Å². The third-order valence-corrected chi connectivity index (χ3v) is 5.24. The number of hydrogen-bond acceptors (Lipinski definition) is 3. The summed E-state index contributed by atoms with van der Waals surface area (Å²) < 4.78 is 3.95. The van der Waals surface area contributed by atoms with Crippen molar-refractivity contribution in [2.75, 3.05) is 0 Å². The molecule has 2 aromatic heterocycles. The molecule has 0 saturated heterocycles. The molecule has 6 heteroatoms. The second kappa shape index (κ2) is 10.1. The SMILES string of the molecule is Cc1cc(C(C)(C)n2cccn2)[c-]c(C(C)(C)n2cccn2)c1.Oc1ccccc1.[Pt]. The molecule has 0 unspecified atom stereocenters. The molecular weight excluding hydrogens is 567 g/mol. The minimum atomic E-state index is -0.259. The van der Waals surface area contributed by atoms with E-state index in [1.54, 1.807) is 24.3 Å². The topological polar surface area (TPSA) is 55.9 Å². The molecule has 0 aliphatic rings. The smallest absolute Gasteiger partial charge is 0.115 e. The molecule has 0 bridgehead atoms. The fourth-order valence-corrected chi connectivity index (χ4v) is 3.25. The number of benzene rings is 2. The van der Waals surface area contributed by atoms with Crippen molar-refractivity contribution in [2.45, 2.75) is 45.7 Å². The number of hydrogen-bond donors (Lipinski definition) is 1. The molecule has 2 aromatic carbocycles. The van der Waals surface area contributed by atoms with Crippen LogP contribution in [0.2, 0.25) is 0 Å². The number of aromatic hydroxyl groups is 1.